The molecule has 2 aromatic rings. The van der Waals surface area contributed by atoms with E-state index in [4.69, 9.17) is 0 Å². The van der Waals surface area contributed by atoms with Gasteiger partial charge in [0.05, 0.1) is 9.77 Å². The number of sulfonamides is 1. The van der Waals surface area contributed by atoms with Crippen molar-refractivity contribution in [3.63, 3.8) is 0 Å². The van der Waals surface area contributed by atoms with Crippen LogP contribution in [0.5, 0.6) is 0 Å². The molecular formula is C16H20N2O3S2. The number of nitrogens with one attached hydrogen (secondary N) is 1. The Hall–Kier alpha value is -1.70. The van der Waals surface area contributed by atoms with Crippen LogP contribution >= 0.6 is 11.3 Å². The topological polar surface area (TPSA) is 66.5 Å². The number of benzene rings is 1. The average molecular weight is 352 g/mol. The third-order valence-electron chi connectivity index (χ3n) is 3.50. The molecule has 2 rings (SSSR count). The number of aryl methyl sites for hydroxylation is 2. The van der Waals surface area contributed by atoms with Gasteiger partial charge in [-0.2, -0.15) is 0 Å². The predicted molar refractivity (Wildman–Crippen MR) is 93.7 cm³/mol. The fourth-order valence-corrected chi connectivity index (χ4v) is 4.08. The van der Waals surface area contributed by atoms with Crippen LogP contribution in [0.1, 0.15) is 27.0 Å². The minimum Gasteiger partial charge on any atom is -0.321 e. The molecule has 0 aliphatic heterocycles. The molecule has 1 amide bonds. The van der Waals surface area contributed by atoms with Gasteiger partial charge >= 0.3 is 0 Å². The van der Waals surface area contributed by atoms with Gasteiger partial charge in [0, 0.05) is 24.7 Å². The predicted octanol–water partition coefficient (Wildman–Crippen LogP) is 3.12. The van der Waals surface area contributed by atoms with Crippen LogP contribution in [0.2, 0.25) is 0 Å². The van der Waals surface area contributed by atoms with E-state index in [1.54, 1.807) is 12.1 Å². The number of thiophene rings is 1. The van der Waals surface area contributed by atoms with Crippen molar-refractivity contribution in [1.29, 1.82) is 0 Å². The van der Waals surface area contributed by atoms with Gasteiger partial charge in [-0.1, -0.05) is 13.0 Å². The Morgan fingerprint density at radius 1 is 1.26 bits per heavy atom. The fourth-order valence-electron chi connectivity index (χ4n) is 2.12. The number of carbonyl (C=O) groups is 1. The van der Waals surface area contributed by atoms with Crippen molar-refractivity contribution < 1.29 is 13.2 Å². The molecule has 5 nitrogen and oxygen atoms in total. The zero-order valence-electron chi connectivity index (χ0n) is 13.6. The summed E-state index contributed by atoms with van der Waals surface area (Å²) in [6.07, 6.45) is 0.881. The first kappa shape index (κ1) is 17.7. The van der Waals surface area contributed by atoms with Gasteiger partial charge in [-0.05, 0) is 43.2 Å². The summed E-state index contributed by atoms with van der Waals surface area (Å²) >= 11 is 1.44. The van der Waals surface area contributed by atoms with Gasteiger partial charge in [-0.15, -0.1) is 11.3 Å². The summed E-state index contributed by atoms with van der Waals surface area (Å²) in [7, 11) is -0.575. The second-order valence-corrected chi connectivity index (χ2v) is 8.72. The Balaban J connectivity index is 2.25. The van der Waals surface area contributed by atoms with Gasteiger partial charge in [0.25, 0.3) is 5.91 Å². The first-order valence-corrected chi connectivity index (χ1v) is 9.44. The molecule has 0 saturated heterocycles. The second-order valence-electron chi connectivity index (χ2n) is 5.32. The van der Waals surface area contributed by atoms with E-state index < -0.39 is 10.0 Å². The van der Waals surface area contributed by atoms with E-state index in [-0.39, 0.29) is 10.8 Å². The molecular weight excluding hydrogens is 332 g/mol. The molecule has 0 saturated carbocycles. The van der Waals surface area contributed by atoms with Gasteiger partial charge in [-0.25, -0.2) is 12.7 Å². The lowest BCUT2D eigenvalue weighted by atomic mass is 10.2. The lowest BCUT2D eigenvalue weighted by molar-refractivity contribution is 0.103. The number of hydrogen-bond acceptors (Lipinski definition) is 4. The van der Waals surface area contributed by atoms with Crippen LogP contribution in [0.4, 0.5) is 5.69 Å². The third-order valence-corrected chi connectivity index (χ3v) is 6.40. The van der Waals surface area contributed by atoms with Crippen molar-refractivity contribution in [3.05, 3.63) is 45.6 Å². The third kappa shape index (κ3) is 3.80. The van der Waals surface area contributed by atoms with Crippen molar-refractivity contribution in [1.82, 2.24) is 4.31 Å². The summed E-state index contributed by atoms with van der Waals surface area (Å²) < 4.78 is 25.4. The summed E-state index contributed by atoms with van der Waals surface area (Å²) in [5.41, 5.74) is 1.62. The van der Waals surface area contributed by atoms with E-state index in [0.29, 0.717) is 10.6 Å². The van der Waals surface area contributed by atoms with Crippen LogP contribution < -0.4 is 5.32 Å². The highest BCUT2D eigenvalue weighted by atomic mass is 32.2. The normalized spacial score (nSPS) is 11.7. The fraction of sp³-hybridized carbons (Fsp3) is 0.312. The summed E-state index contributed by atoms with van der Waals surface area (Å²) in [5, 5.41) is 2.76. The van der Waals surface area contributed by atoms with E-state index in [9.17, 15) is 13.2 Å². The molecule has 0 atom stereocenters. The van der Waals surface area contributed by atoms with Crippen molar-refractivity contribution in [2.24, 2.45) is 0 Å². The lowest BCUT2D eigenvalue weighted by Crippen LogP contribution is -2.22. The minimum atomic E-state index is -3.52. The van der Waals surface area contributed by atoms with Gasteiger partial charge in [0.2, 0.25) is 10.0 Å². The van der Waals surface area contributed by atoms with Gasteiger partial charge < -0.3 is 5.32 Å². The molecule has 23 heavy (non-hydrogen) atoms. The van der Waals surface area contributed by atoms with Crippen molar-refractivity contribution >= 4 is 33.0 Å². The molecule has 0 unspecified atom stereocenters. The molecule has 0 aliphatic rings. The Labute approximate surface area is 141 Å². The SMILES string of the molecule is CCc1cc(C(=O)Nc2cccc(S(=O)(=O)N(C)C)c2)sc1C. The quantitative estimate of drug-likeness (QED) is 0.899. The number of amides is 1. The van der Waals surface area contributed by atoms with Gasteiger partial charge in [0.1, 0.15) is 0 Å². The number of nitrogens with zero attached hydrogens (tertiary/aromatic N) is 1. The summed E-state index contributed by atoms with van der Waals surface area (Å²) in [4.78, 5) is 14.2. The van der Waals surface area contributed by atoms with Crippen molar-refractivity contribution in [2.45, 2.75) is 25.2 Å². The lowest BCUT2D eigenvalue weighted by Gasteiger charge is -2.12. The van der Waals surface area contributed by atoms with Crippen LogP contribution in [0, 0.1) is 6.92 Å². The van der Waals surface area contributed by atoms with E-state index >= 15 is 0 Å². The molecule has 0 aliphatic carbocycles. The van der Waals surface area contributed by atoms with Crippen molar-refractivity contribution in [2.75, 3.05) is 19.4 Å². The summed E-state index contributed by atoms with van der Waals surface area (Å²) in [6.45, 7) is 4.04. The molecule has 1 heterocycles. The highest BCUT2D eigenvalue weighted by Gasteiger charge is 2.18. The molecule has 1 aromatic carbocycles. The van der Waals surface area contributed by atoms with Gasteiger partial charge in [-0.3, -0.25) is 4.79 Å². The largest absolute Gasteiger partial charge is 0.321 e. The Morgan fingerprint density at radius 3 is 2.52 bits per heavy atom. The van der Waals surface area contributed by atoms with Crippen molar-refractivity contribution in [3.8, 4) is 0 Å². The second kappa shape index (κ2) is 6.82. The maximum absolute atomic E-state index is 12.3. The van der Waals surface area contributed by atoms with Crippen LogP contribution in [0.25, 0.3) is 0 Å². The molecule has 124 valence electrons. The number of carbonyl (C=O) groups excluding carboxylic acids is 1. The van der Waals surface area contributed by atoms with Crippen LogP contribution in [0.15, 0.2) is 35.2 Å². The van der Waals surface area contributed by atoms with E-state index in [0.717, 1.165) is 21.2 Å². The molecule has 0 radical (unpaired) electrons. The standard InChI is InChI=1S/C16H20N2O3S2/c1-5-12-9-15(22-11(12)2)16(19)17-13-7-6-8-14(10-13)23(20,21)18(3)4/h6-10H,5H2,1-4H3,(H,17,19). The zero-order valence-corrected chi connectivity index (χ0v) is 15.2. The molecule has 0 spiro atoms. The Morgan fingerprint density at radius 2 is 1.96 bits per heavy atom. The first-order chi connectivity index (χ1) is 10.8. The number of hydrogen-bond donors (Lipinski definition) is 1. The highest BCUT2D eigenvalue weighted by molar-refractivity contribution is 7.89. The van der Waals surface area contributed by atoms with E-state index in [1.165, 1.54) is 37.6 Å². The highest BCUT2D eigenvalue weighted by Crippen LogP contribution is 2.24. The molecule has 0 bridgehead atoms. The number of rotatable bonds is 5. The van der Waals surface area contributed by atoms with Gasteiger partial charge in [0.15, 0.2) is 0 Å². The maximum Gasteiger partial charge on any atom is 0.265 e. The first-order valence-electron chi connectivity index (χ1n) is 7.19. The summed E-state index contributed by atoms with van der Waals surface area (Å²) in [5.74, 6) is -0.225. The zero-order chi connectivity index (χ0) is 17.2. The Kier molecular flexibility index (Phi) is 5.23. The Bertz CT molecular complexity index is 824. The minimum absolute atomic E-state index is 0.150. The molecule has 7 heteroatoms. The van der Waals surface area contributed by atoms with E-state index in [2.05, 4.69) is 5.32 Å². The summed E-state index contributed by atoms with van der Waals surface area (Å²) in [6, 6.07) is 8.15. The molecule has 1 N–H and O–H groups in total. The monoisotopic (exact) mass is 352 g/mol. The maximum atomic E-state index is 12.3. The van der Waals surface area contributed by atoms with E-state index in [1.807, 2.05) is 19.9 Å². The molecule has 0 fully saturated rings. The van der Waals surface area contributed by atoms with Crippen LogP contribution in [-0.4, -0.2) is 32.7 Å². The van der Waals surface area contributed by atoms with Crippen LogP contribution in [-0.2, 0) is 16.4 Å². The molecule has 1 aromatic heterocycles. The smallest absolute Gasteiger partial charge is 0.265 e. The van der Waals surface area contributed by atoms with Crippen LogP contribution in [0.3, 0.4) is 0 Å². The number of anilines is 1. The average Bonchev–Trinajstić information content (AvgIpc) is 2.88.